The van der Waals surface area contributed by atoms with Gasteiger partial charge in [0.05, 0.1) is 22.3 Å². The molecule has 0 spiro atoms. The Hall–Kier alpha value is -4.14. The summed E-state index contributed by atoms with van der Waals surface area (Å²) in [7, 11) is 0. The van der Waals surface area contributed by atoms with E-state index in [9.17, 15) is 19.2 Å². The summed E-state index contributed by atoms with van der Waals surface area (Å²) in [4.78, 5) is 62.1. The Labute approximate surface area is 190 Å². The van der Waals surface area contributed by atoms with Crippen LogP contribution < -0.4 is 4.90 Å². The number of carbonyl (C=O) groups is 4. The van der Waals surface area contributed by atoms with E-state index < -0.39 is 42.4 Å². The number of hydrogen-bond acceptors (Lipinski definition) is 7. The first-order valence-electron chi connectivity index (χ1n) is 10.3. The third-order valence-electron chi connectivity index (χ3n) is 4.95. The number of fused-ring (bicyclic) bond motifs is 2. The van der Waals surface area contributed by atoms with Crippen molar-refractivity contribution >= 4 is 40.4 Å². The third kappa shape index (κ3) is 4.43. The molecule has 1 aliphatic rings. The lowest BCUT2D eigenvalue weighted by molar-refractivity contribution is -0.153. The van der Waals surface area contributed by atoms with Gasteiger partial charge in [0.1, 0.15) is 24.2 Å². The average molecular weight is 446 g/mol. The summed E-state index contributed by atoms with van der Waals surface area (Å²) in [6.45, 7) is 4.21. The molecule has 0 bridgehead atoms. The van der Waals surface area contributed by atoms with Gasteiger partial charge >= 0.3 is 5.97 Å². The number of ether oxygens (including phenoxy) is 1. The maximum Gasteiger partial charge on any atom is 0.326 e. The number of amides is 3. The SMILES string of the molecule is CC(C)(C)OC(=O)CN(C(=O)CN1C(=O)c2ccccc2C1=O)c1cccc2nccnc12. The summed E-state index contributed by atoms with van der Waals surface area (Å²) in [5.74, 6) is -2.38. The van der Waals surface area contributed by atoms with E-state index in [-0.39, 0.29) is 11.1 Å². The van der Waals surface area contributed by atoms with Gasteiger partial charge in [0.2, 0.25) is 5.91 Å². The van der Waals surface area contributed by atoms with Crippen LogP contribution >= 0.6 is 0 Å². The molecule has 3 aromatic rings. The Balaban J connectivity index is 1.67. The Morgan fingerprint density at radius 2 is 1.58 bits per heavy atom. The summed E-state index contributed by atoms with van der Waals surface area (Å²) in [6.07, 6.45) is 3.00. The lowest BCUT2D eigenvalue weighted by Gasteiger charge is -2.27. The topological polar surface area (TPSA) is 110 Å². The minimum absolute atomic E-state index is 0.241. The minimum atomic E-state index is -0.757. The molecule has 9 heteroatoms. The molecule has 0 N–H and O–H groups in total. The highest BCUT2D eigenvalue weighted by atomic mass is 16.6. The van der Waals surface area contributed by atoms with Crippen LogP contribution in [0.1, 0.15) is 41.5 Å². The van der Waals surface area contributed by atoms with Crippen LogP contribution in [0.5, 0.6) is 0 Å². The smallest absolute Gasteiger partial charge is 0.326 e. The Kier molecular flexibility index (Phi) is 5.63. The van der Waals surface area contributed by atoms with E-state index in [4.69, 9.17) is 4.74 Å². The van der Waals surface area contributed by atoms with E-state index in [0.29, 0.717) is 16.7 Å². The number of hydrogen-bond donors (Lipinski definition) is 0. The van der Waals surface area contributed by atoms with Crippen LogP contribution in [0.2, 0.25) is 0 Å². The number of nitrogens with zero attached hydrogens (tertiary/aromatic N) is 4. The molecular weight excluding hydrogens is 424 g/mol. The maximum absolute atomic E-state index is 13.4. The quantitative estimate of drug-likeness (QED) is 0.438. The van der Waals surface area contributed by atoms with Crippen LogP contribution in [0.4, 0.5) is 5.69 Å². The van der Waals surface area contributed by atoms with Crippen LogP contribution in [-0.4, -0.2) is 57.2 Å². The zero-order chi connectivity index (χ0) is 23.8. The van der Waals surface area contributed by atoms with E-state index >= 15 is 0 Å². The van der Waals surface area contributed by atoms with Crippen molar-refractivity contribution in [3.8, 4) is 0 Å². The van der Waals surface area contributed by atoms with E-state index in [1.165, 1.54) is 17.3 Å². The second kappa shape index (κ2) is 8.42. The van der Waals surface area contributed by atoms with Crippen LogP contribution in [0.3, 0.4) is 0 Å². The molecule has 0 fully saturated rings. The first kappa shape index (κ1) is 22.1. The van der Waals surface area contributed by atoms with Crippen molar-refractivity contribution in [2.24, 2.45) is 0 Å². The number of benzene rings is 2. The number of rotatable bonds is 5. The van der Waals surface area contributed by atoms with E-state index in [1.54, 1.807) is 63.2 Å². The highest BCUT2D eigenvalue weighted by Crippen LogP contribution is 2.26. The molecule has 9 nitrogen and oxygen atoms in total. The highest BCUT2D eigenvalue weighted by molar-refractivity contribution is 6.23. The maximum atomic E-state index is 13.4. The van der Waals surface area contributed by atoms with Gasteiger partial charge in [0.15, 0.2) is 0 Å². The molecule has 2 heterocycles. The van der Waals surface area contributed by atoms with Crippen LogP contribution in [0, 0.1) is 0 Å². The van der Waals surface area contributed by atoms with Crippen molar-refractivity contribution in [1.82, 2.24) is 14.9 Å². The number of imide groups is 1. The molecule has 0 saturated carbocycles. The van der Waals surface area contributed by atoms with Crippen molar-refractivity contribution in [2.45, 2.75) is 26.4 Å². The van der Waals surface area contributed by atoms with Crippen molar-refractivity contribution in [3.63, 3.8) is 0 Å². The Morgan fingerprint density at radius 3 is 2.21 bits per heavy atom. The molecule has 0 radical (unpaired) electrons. The van der Waals surface area contributed by atoms with Crippen molar-refractivity contribution < 1.29 is 23.9 Å². The highest BCUT2D eigenvalue weighted by Gasteiger charge is 2.38. The molecule has 2 aromatic carbocycles. The van der Waals surface area contributed by atoms with Crippen LogP contribution in [0.15, 0.2) is 54.9 Å². The number of esters is 1. The zero-order valence-electron chi connectivity index (χ0n) is 18.4. The molecule has 1 aliphatic heterocycles. The van der Waals surface area contributed by atoms with E-state index in [2.05, 4.69) is 9.97 Å². The Bertz CT molecular complexity index is 1240. The van der Waals surface area contributed by atoms with Gasteiger partial charge in [-0.25, -0.2) is 0 Å². The second-order valence-corrected chi connectivity index (χ2v) is 8.51. The van der Waals surface area contributed by atoms with Gasteiger partial charge in [0.25, 0.3) is 11.8 Å². The average Bonchev–Trinajstić information content (AvgIpc) is 3.01. The minimum Gasteiger partial charge on any atom is -0.459 e. The predicted octanol–water partition coefficient (Wildman–Crippen LogP) is 2.60. The summed E-state index contributed by atoms with van der Waals surface area (Å²) in [5.41, 5.74) is 0.979. The largest absolute Gasteiger partial charge is 0.459 e. The molecule has 1 aromatic heterocycles. The van der Waals surface area contributed by atoms with E-state index in [1.807, 2.05) is 0 Å². The fraction of sp³-hybridized carbons (Fsp3) is 0.250. The number of carbonyl (C=O) groups excluding carboxylic acids is 4. The normalized spacial score (nSPS) is 13.2. The number of aromatic nitrogens is 2. The summed E-state index contributed by atoms with van der Waals surface area (Å²) >= 11 is 0. The third-order valence-corrected chi connectivity index (χ3v) is 4.95. The van der Waals surface area contributed by atoms with Crippen molar-refractivity contribution in [1.29, 1.82) is 0 Å². The number of para-hydroxylation sites is 1. The molecule has 0 unspecified atom stereocenters. The molecule has 33 heavy (non-hydrogen) atoms. The first-order valence-corrected chi connectivity index (χ1v) is 10.3. The molecule has 0 aliphatic carbocycles. The van der Waals surface area contributed by atoms with Crippen molar-refractivity contribution in [2.75, 3.05) is 18.0 Å². The lowest BCUT2D eigenvalue weighted by Crippen LogP contribution is -2.45. The van der Waals surface area contributed by atoms with Gasteiger partial charge in [-0.15, -0.1) is 0 Å². The van der Waals surface area contributed by atoms with Gasteiger partial charge in [0, 0.05) is 12.4 Å². The summed E-state index contributed by atoms with van der Waals surface area (Å²) in [5, 5.41) is 0. The van der Waals surface area contributed by atoms with E-state index in [0.717, 1.165) is 4.90 Å². The van der Waals surface area contributed by atoms with Gasteiger partial charge in [-0.2, -0.15) is 0 Å². The molecule has 0 atom stereocenters. The molecule has 3 amide bonds. The Morgan fingerprint density at radius 1 is 0.939 bits per heavy atom. The lowest BCUT2D eigenvalue weighted by atomic mass is 10.1. The van der Waals surface area contributed by atoms with Gasteiger partial charge in [-0.1, -0.05) is 18.2 Å². The molecule has 168 valence electrons. The van der Waals surface area contributed by atoms with Crippen LogP contribution in [-0.2, 0) is 14.3 Å². The van der Waals surface area contributed by atoms with Crippen molar-refractivity contribution in [3.05, 3.63) is 66.0 Å². The standard InChI is InChI=1S/C24H22N4O5/c1-24(2,3)33-20(30)14-27(18-10-6-9-17-21(18)26-12-11-25-17)19(29)13-28-22(31)15-7-4-5-8-16(15)23(28)32/h4-12H,13-14H2,1-3H3. The van der Waals surface area contributed by atoms with Gasteiger partial charge in [-0.05, 0) is 45.0 Å². The number of anilines is 1. The van der Waals surface area contributed by atoms with Crippen LogP contribution in [0.25, 0.3) is 11.0 Å². The summed E-state index contributed by atoms with van der Waals surface area (Å²) in [6, 6.07) is 11.4. The first-order chi connectivity index (χ1) is 15.7. The fourth-order valence-corrected chi connectivity index (χ4v) is 3.61. The molecule has 0 saturated heterocycles. The monoisotopic (exact) mass is 446 g/mol. The molecule has 4 rings (SSSR count). The predicted molar refractivity (Wildman–Crippen MR) is 120 cm³/mol. The second-order valence-electron chi connectivity index (χ2n) is 8.51. The van der Waals surface area contributed by atoms with Gasteiger partial charge < -0.3 is 4.74 Å². The van der Waals surface area contributed by atoms with Gasteiger partial charge in [-0.3, -0.25) is 38.9 Å². The fourth-order valence-electron chi connectivity index (χ4n) is 3.61. The molecular formula is C24H22N4O5. The summed E-state index contributed by atoms with van der Waals surface area (Å²) < 4.78 is 5.40. The zero-order valence-corrected chi connectivity index (χ0v) is 18.4.